The first kappa shape index (κ1) is 20.7. The fraction of sp³-hybridized carbons (Fsp3) is 0.556. The lowest BCUT2D eigenvalue weighted by atomic mass is 9.93. The molecular weight excluding hydrogens is 389 g/mol. The number of carbonyl (C=O) groups is 2. The molecule has 0 N–H and O–H groups in total. The Bertz CT molecular complexity index is 889. The van der Waals surface area contributed by atoms with Gasteiger partial charge in [0, 0.05) is 26.7 Å². The molecule has 1 aromatic rings. The van der Waals surface area contributed by atoms with E-state index in [0.717, 1.165) is 15.3 Å². The molecule has 2 fully saturated rings. The number of amides is 3. The summed E-state index contributed by atoms with van der Waals surface area (Å²) in [5.74, 6) is -1.31. The van der Waals surface area contributed by atoms with E-state index in [1.807, 2.05) is 13.8 Å². The van der Waals surface area contributed by atoms with Crippen LogP contribution < -0.4 is 0 Å². The minimum atomic E-state index is -4.18. The van der Waals surface area contributed by atoms with E-state index in [1.165, 1.54) is 30.2 Å². The zero-order chi connectivity index (χ0) is 20.7. The number of hydrogen-bond donors (Lipinski definition) is 0. The monoisotopic (exact) mass is 413 g/mol. The van der Waals surface area contributed by atoms with Crippen LogP contribution in [0.3, 0.4) is 0 Å². The Kier molecular flexibility index (Phi) is 5.48. The maximum absolute atomic E-state index is 14.2. The van der Waals surface area contributed by atoms with Gasteiger partial charge < -0.3 is 9.64 Å². The van der Waals surface area contributed by atoms with Crippen molar-refractivity contribution in [3.05, 3.63) is 30.1 Å². The van der Waals surface area contributed by atoms with Gasteiger partial charge in [-0.3, -0.25) is 9.69 Å². The van der Waals surface area contributed by atoms with E-state index in [0.29, 0.717) is 0 Å². The van der Waals surface area contributed by atoms with Crippen molar-refractivity contribution in [3.63, 3.8) is 0 Å². The van der Waals surface area contributed by atoms with Gasteiger partial charge in [-0.15, -0.1) is 0 Å². The van der Waals surface area contributed by atoms with Gasteiger partial charge in [0.05, 0.1) is 13.2 Å². The maximum Gasteiger partial charge on any atom is 0.327 e. The second-order valence-corrected chi connectivity index (χ2v) is 9.71. The Balaban J connectivity index is 1.97. The summed E-state index contributed by atoms with van der Waals surface area (Å²) in [5.41, 5.74) is -0.625. The largest absolute Gasteiger partial charge is 0.383 e. The Morgan fingerprint density at radius 1 is 1.21 bits per heavy atom. The highest BCUT2D eigenvalue weighted by molar-refractivity contribution is 7.89. The van der Waals surface area contributed by atoms with E-state index >= 15 is 0 Å². The molecule has 0 spiro atoms. The molecule has 1 unspecified atom stereocenters. The molecule has 10 heteroatoms. The van der Waals surface area contributed by atoms with Gasteiger partial charge in [-0.1, -0.05) is 26.0 Å². The van der Waals surface area contributed by atoms with Gasteiger partial charge in [-0.05, 0) is 17.5 Å². The van der Waals surface area contributed by atoms with Gasteiger partial charge in [-0.25, -0.2) is 17.6 Å². The zero-order valence-corrected chi connectivity index (χ0v) is 16.9. The predicted octanol–water partition coefficient (Wildman–Crippen LogP) is 1.14. The first-order valence-electron chi connectivity index (χ1n) is 8.94. The van der Waals surface area contributed by atoms with E-state index in [2.05, 4.69) is 0 Å². The average molecular weight is 413 g/mol. The Morgan fingerprint density at radius 2 is 1.89 bits per heavy atom. The number of sulfonamides is 1. The first-order valence-corrected chi connectivity index (χ1v) is 10.4. The highest BCUT2D eigenvalue weighted by atomic mass is 32.2. The second kappa shape index (κ2) is 7.41. The topological polar surface area (TPSA) is 87.2 Å². The van der Waals surface area contributed by atoms with Crippen LogP contribution in [0.5, 0.6) is 0 Å². The third-order valence-electron chi connectivity index (χ3n) is 4.96. The summed E-state index contributed by atoms with van der Waals surface area (Å²) in [5, 5.41) is 0. The smallest absolute Gasteiger partial charge is 0.327 e. The third kappa shape index (κ3) is 3.63. The minimum Gasteiger partial charge on any atom is -0.383 e. The van der Waals surface area contributed by atoms with E-state index in [1.54, 1.807) is 0 Å². The lowest BCUT2D eigenvalue weighted by Crippen LogP contribution is -2.44. The number of hydrogen-bond acceptors (Lipinski definition) is 5. The zero-order valence-electron chi connectivity index (χ0n) is 16.1. The van der Waals surface area contributed by atoms with Crippen LogP contribution in [0.1, 0.15) is 13.8 Å². The normalized spacial score (nSPS) is 23.1. The molecule has 0 bridgehead atoms. The van der Waals surface area contributed by atoms with Crippen molar-refractivity contribution in [2.24, 2.45) is 5.41 Å². The van der Waals surface area contributed by atoms with Crippen molar-refractivity contribution in [3.8, 4) is 0 Å². The third-order valence-corrected chi connectivity index (χ3v) is 6.80. The summed E-state index contributed by atoms with van der Waals surface area (Å²) in [4.78, 5) is 27.6. The molecule has 2 saturated heterocycles. The van der Waals surface area contributed by atoms with Crippen LogP contribution in [0.25, 0.3) is 0 Å². The van der Waals surface area contributed by atoms with E-state index in [4.69, 9.17) is 4.74 Å². The van der Waals surface area contributed by atoms with E-state index in [9.17, 15) is 22.4 Å². The number of imide groups is 1. The number of halogens is 1. The highest BCUT2D eigenvalue weighted by Crippen LogP contribution is 2.33. The van der Waals surface area contributed by atoms with Crippen LogP contribution in [0, 0.1) is 11.2 Å². The molecule has 3 amide bonds. The average Bonchev–Trinajstić information content (AvgIpc) is 2.75. The van der Waals surface area contributed by atoms with Gasteiger partial charge in [0.2, 0.25) is 10.0 Å². The van der Waals surface area contributed by atoms with E-state index < -0.39 is 44.1 Å². The number of urea groups is 1. The molecule has 8 nitrogen and oxygen atoms in total. The molecule has 0 radical (unpaired) electrons. The fourth-order valence-corrected chi connectivity index (χ4v) is 5.36. The SMILES string of the molecule is COCCN1C(=O)C2CN(S(=O)(=O)c3ccccc3F)CC(C)(C)CN2C1=O. The van der Waals surface area contributed by atoms with Crippen molar-refractivity contribution in [1.82, 2.24) is 14.1 Å². The van der Waals surface area contributed by atoms with Crippen LogP contribution in [0.4, 0.5) is 9.18 Å². The molecule has 154 valence electrons. The van der Waals surface area contributed by atoms with Crippen molar-refractivity contribution in [1.29, 1.82) is 0 Å². The number of ether oxygens (including phenoxy) is 1. The molecule has 28 heavy (non-hydrogen) atoms. The lowest BCUT2D eigenvalue weighted by Gasteiger charge is -2.30. The molecule has 1 atom stereocenters. The lowest BCUT2D eigenvalue weighted by molar-refractivity contribution is -0.128. The number of rotatable bonds is 5. The van der Waals surface area contributed by atoms with Crippen LogP contribution >= 0.6 is 0 Å². The molecule has 0 saturated carbocycles. The van der Waals surface area contributed by atoms with Gasteiger partial charge in [-0.2, -0.15) is 4.31 Å². The fourth-order valence-electron chi connectivity index (χ4n) is 3.66. The van der Waals surface area contributed by atoms with Crippen LogP contribution in [0.15, 0.2) is 29.2 Å². The van der Waals surface area contributed by atoms with Crippen molar-refractivity contribution >= 4 is 22.0 Å². The molecule has 2 heterocycles. The van der Waals surface area contributed by atoms with Gasteiger partial charge in [0.15, 0.2) is 0 Å². The molecule has 3 rings (SSSR count). The summed E-state index contributed by atoms with van der Waals surface area (Å²) in [7, 11) is -2.71. The van der Waals surface area contributed by atoms with Gasteiger partial charge in [0.1, 0.15) is 16.8 Å². The van der Waals surface area contributed by atoms with Crippen LogP contribution in [-0.4, -0.2) is 80.4 Å². The van der Waals surface area contributed by atoms with Gasteiger partial charge in [0.25, 0.3) is 5.91 Å². The van der Waals surface area contributed by atoms with Crippen molar-refractivity contribution in [2.75, 3.05) is 39.9 Å². The summed E-state index contributed by atoms with van der Waals surface area (Å²) in [6, 6.07) is 3.75. The summed E-state index contributed by atoms with van der Waals surface area (Å²) in [6.07, 6.45) is 0. The molecule has 0 aliphatic carbocycles. The maximum atomic E-state index is 14.2. The number of carbonyl (C=O) groups excluding carboxylic acids is 2. The minimum absolute atomic E-state index is 0.0648. The van der Waals surface area contributed by atoms with Crippen molar-refractivity contribution < 1.29 is 27.1 Å². The highest BCUT2D eigenvalue weighted by Gasteiger charge is 2.51. The molecule has 1 aromatic carbocycles. The molecule has 0 aromatic heterocycles. The predicted molar refractivity (Wildman–Crippen MR) is 98.4 cm³/mol. The Morgan fingerprint density at radius 3 is 2.54 bits per heavy atom. The van der Waals surface area contributed by atoms with Crippen LogP contribution in [-0.2, 0) is 19.6 Å². The summed E-state index contributed by atoms with van der Waals surface area (Å²) in [6.45, 7) is 3.99. The van der Waals surface area contributed by atoms with Crippen molar-refractivity contribution in [2.45, 2.75) is 24.8 Å². The standard InChI is InChI=1S/C18H24FN3O5S/c1-18(2)11-20(28(25,26)15-7-5-4-6-13(15)19)10-14-16(23)21(8-9-27-3)17(24)22(14)12-18/h4-7,14H,8-12H2,1-3H3. The number of benzene rings is 1. The summed E-state index contributed by atoms with van der Waals surface area (Å²) < 4.78 is 46.5. The molecular formula is C18H24FN3O5S. The quantitative estimate of drug-likeness (QED) is 0.676. The number of fused-ring (bicyclic) bond motifs is 1. The number of nitrogens with zero attached hydrogens (tertiary/aromatic N) is 3. The van der Waals surface area contributed by atoms with E-state index in [-0.39, 0.29) is 32.8 Å². The second-order valence-electron chi connectivity index (χ2n) is 7.80. The van der Waals surface area contributed by atoms with Gasteiger partial charge >= 0.3 is 6.03 Å². The Hall–Kier alpha value is -2.04. The van der Waals surface area contributed by atoms with Crippen LogP contribution in [0.2, 0.25) is 0 Å². The Labute approximate surface area is 163 Å². The first-order chi connectivity index (χ1) is 13.1. The summed E-state index contributed by atoms with van der Waals surface area (Å²) >= 11 is 0. The molecule has 2 aliphatic heterocycles. The molecule has 2 aliphatic rings. The number of methoxy groups -OCH3 is 1.